The molecule has 0 saturated heterocycles. The lowest BCUT2D eigenvalue weighted by molar-refractivity contribution is -0.117. The summed E-state index contributed by atoms with van der Waals surface area (Å²) < 4.78 is 0. The van der Waals surface area contributed by atoms with Crippen molar-refractivity contribution >= 4 is 23.0 Å². The highest BCUT2D eigenvalue weighted by Gasteiger charge is 2.15. The van der Waals surface area contributed by atoms with Gasteiger partial charge in [-0.1, -0.05) is 12.1 Å². The van der Waals surface area contributed by atoms with E-state index >= 15 is 0 Å². The van der Waals surface area contributed by atoms with Gasteiger partial charge in [0.15, 0.2) is 0 Å². The largest absolute Gasteiger partial charge is 0.399 e. The molecule has 0 saturated carbocycles. The van der Waals surface area contributed by atoms with E-state index in [0.717, 1.165) is 0 Å². The minimum atomic E-state index is -0.738. The van der Waals surface area contributed by atoms with E-state index in [0.29, 0.717) is 22.6 Å². The van der Waals surface area contributed by atoms with Gasteiger partial charge in [0.05, 0.1) is 0 Å². The maximum atomic E-state index is 12.0. The fourth-order valence-corrected chi connectivity index (χ4v) is 1.64. The fourth-order valence-electron chi connectivity index (χ4n) is 1.64. The summed E-state index contributed by atoms with van der Waals surface area (Å²) in [6, 6.07) is 13.0. The minimum Gasteiger partial charge on any atom is -0.399 e. The van der Waals surface area contributed by atoms with Gasteiger partial charge >= 0.3 is 0 Å². The summed E-state index contributed by atoms with van der Waals surface area (Å²) in [4.78, 5) is 12.0. The van der Waals surface area contributed by atoms with Crippen LogP contribution in [-0.2, 0) is 4.79 Å². The average Bonchev–Trinajstić information content (AvgIpc) is 2.41. The first-order chi connectivity index (χ1) is 9.06. The second-order valence-corrected chi connectivity index (χ2v) is 4.26. The lowest BCUT2D eigenvalue weighted by atomic mass is 10.1. The van der Waals surface area contributed by atoms with E-state index in [2.05, 4.69) is 5.32 Å². The van der Waals surface area contributed by atoms with Crippen LogP contribution in [0.25, 0.3) is 0 Å². The minimum absolute atomic E-state index is 0.283. The SMILES string of the molecule is Nc1ccc(NC(=O)C(N)c2ccc(N)cc2)cc1. The van der Waals surface area contributed by atoms with Gasteiger partial charge in [0, 0.05) is 17.1 Å². The Morgan fingerprint density at radius 2 is 1.37 bits per heavy atom. The molecule has 1 atom stereocenters. The number of nitrogen functional groups attached to an aromatic ring is 2. The number of carbonyl (C=O) groups is 1. The molecule has 0 spiro atoms. The van der Waals surface area contributed by atoms with Crippen molar-refractivity contribution in [3.63, 3.8) is 0 Å². The monoisotopic (exact) mass is 256 g/mol. The Labute approximate surface area is 111 Å². The molecule has 2 aromatic rings. The highest BCUT2D eigenvalue weighted by Crippen LogP contribution is 2.16. The van der Waals surface area contributed by atoms with Gasteiger partial charge in [0.25, 0.3) is 0 Å². The van der Waals surface area contributed by atoms with Crippen molar-refractivity contribution in [1.82, 2.24) is 0 Å². The third-order valence-electron chi connectivity index (χ3n) is 2.76. The molecule has 19 heavy (non-hydrogen) atoms. The zero-order valence-electron chi connectivity index (χ0n) is 10.3. The van der Waals surface area contributed by atoms with Gasteiger partial charge in [0.1, 0.15) is 6.04 Å². The maximum Gasteiger partial charge on any atom is 0.245 e. The molecule has 98 valence electrons. The van der Waals surface area contributed by atoms with Crippen LogP contribution in [0, 0.1) is 0 Å². The van der Waals surface area contributed by atoms with Gasteiger partial charge < -0.3 is 22.5 Å². The van der Waals surface area contributed by atoms with Crippen LogP contribution in [0.3, 0.4) is 0 Å². The average molecular weight is 256 g/mol. The lowest BCUT2D eigenvalue weighted by Crippen LogP contribution is -2.27. The first kappa shape index (κ1) is 12.9. The normalized spacial score (nSPS) is 11.8. The zero-order valence-corrected chi connectivity index (χ0v) is 10.3. The third kappa shape index (κ3) is 3.23. The first-order valence-corrected chi connectivity index (χ1v) is 5.83. The number of amides is 1. The number of nitrogens with two attached hydrogens (primary N) is 3. The van der Waals surface area contributed by atoms with Crippen molar-refractivity contribution < 1.29 is 4.79 Å². The standard InChI is InChI=1S/C14H16N4O/c15-10-3-1-9(2-4-10)13(17)14(19)18-12-7-5-11(16)6-8-12/h1-8,13H,15-17H2,(H,18,19). The van der Waals surface area contributed by atoms with Gasteiger partial charge in [-0.2, -0.15) is 0 Å². The number of rotatable bonds is 3. The fraction of sp³-hybridized carbons (Fsp3) is 0.0714. The van der Waals surface area contributed by atoms with Crippen LogP contribution in [0.4, 0.5) is 17.1 Å². The second kappa shape index (κ2) is 5.41. The second-order valence-electron chi connectivity index (χ2n) is 4.26. The lowest BCUT2D eigenvalue weighted by Gasteiger charge is -2.13. The van der Waals surface area contributed by atoms with Crippen molar-refractivity contribution in [2.24, 2.45) is 5.73 Å². The predicted octanol–water partition coefficient (Wildman–Crippen LogP) is 1.49. The summed E-state index contributed by atoms with van der Waals surface area (Å²) in [5.41, 5.74) is 19.7. The summed E-state index contributed by atoms with van der Waals surface area (Å²) in [5, 5.41) is 2.73. The Morgan fingerprint density at radius 1 is 0.895 bits per heavy atom. The zero-order chi connectivity index (χ0) is 13.8. The maximum absolute atomic E-state index is 12.0. The Balaban J connectivity index is 2.07. The first-order valence-electron chi connectivity index (χ1n) is 5.83. The van der Waals surface area contributed by atoms with Crippen LogP contribution < -0.4 is 22.5 Å². The molecule has 1 amide bonds. The molecule has 0 aromatic heterocycles. The molecule has 2 rings (SSSR count). The van der Waals surface area contributed by atoms with E-state index in [-0.39, 0.29) is 5.91 Å². The van der Waals surface area contributed by atoms with Gasteiger partial charge in [-0.05, 0) is 42.0 Å². The molecule has 5 nitrogen and oxygen atoms in total. The molecule has 0 heterocycles. The van der Waals surface area contributed by atoms with E-state index in [4.69, 9.17) is 17.2 Å². The van der Waals surface area contributed by atoms with E-state index in [1.165, 1.54) is 0 Å². The molecule has 0 fully saturated rings. The molecule has 0 radical (unpaired) electrons. The molecule has 0 aliphatic carbocycles. The number of hydrogen-bond donors (Lipinski definition) is 4. The Kier molecular flexibility index (Phi) is 3.68. The topological polar surface area (TPSA) is 107 Å². The summed E-state index contributed by atoms with van der Waals surface area (Å²) in [5.74, 6) is -0.283. The Morgan fingerprint density at radius 3 is 1.89 bits per heavy atom. The summed E-state index contributed by atoms with van der Waals surface area (Å²) in [7, 11) is 0. The van der Waals surface area contributed by atoms with Crippen LogP contribution in [0.5, 0.6) is 0 Å². The smallest absolute Gasteiger partial charge is 0.245 e. The molecular formula is C14H16N4O. The van der Waals surface area contributed by atoms with Crippen LogP contribution in [0.15, 0.2) is 48.5 Å². The quantitative estimate of drug-likeness (QED) is 0.624. The molecule has 0 bridgehead atoms. The third-order valence-corrected chi connectivity index (χ3v) is 2.76. The van der Waals surface area contributed by atoms with Gasteiger partial charge in [-0.25, -0.2) is 0 Å². The molecule has 1 unspecified atom stereocenters. The van der Waals surface area contributed by atoms with Crippen LogP contribution in [0.1, 0.15) is 11.6 Å². The molecule has 0 aliphatic rings. The van der Waals surface area contributed by atoms with Crippen LogP contribution in [0.2, 0.25) is 0 Å². The van der Waals surface area contributed by atoms with E-state index in [1.807, 2.05) is 0 Å². The molecule has 5 heteroatoms. The van der Waals surface area contributed by atoms with Crippen molar-refractivity contribution in [3.05, 3.63) is 54.1 Å². The summed E-state index contributed by atoms with van der Waals surface area (Å²) >= 11 is 0. The van der Waals surface area contributed by atoms with Crippen molar-refractivity contribution in [3.8, 4) is 0 Å². The molecule has 0 aliphatic heterocycles. The predicted molar refractivity (Wildman–Crippen MR) is 77.3 cm³/mol. The summed E-state index contributed by atoms with van der Waals surface area (Å²) in [6.07, 6.45) is 0. The molecular weight excluding hydrogens is 240 g/mol. The Hall–Kier alpha value is -2.53. The molecule has 2 aromatic carbocycles. The van der Waals surface area contributed by atoms with E-state index in [9.17, 15) is 4.79 Å². The van der Waals surface area contributed by atoms with Gasteiger partial charge in [0.2, 0.25) is 5.91 Å². The van der Waals surface area contributed by atoms with Crippen molar-refractivity contribution in [2.75, 3.05) is 16.8 Å². The molecule has 7 N–H and O–H groups in total. The Bertz CT molecular complexity index is 563. The van der Waals surface area contributed by atoms with Crippen molar-refractivity contribution in [1.29, 1.82) is 0 Å². The number of benzene rings is 2. The number of carbonyl (C=O) groups excluding carboxylic acids is 1. The summed E-state index contributed by atoms with van der Waals surface area (Å²) in [6.45, 7) is 0. The van der Waals surface area contributed by atoms with Gasteiger partial charge in [-0.15, -0.1) is 0 Å². The number of anilines is 3. The number of hydrogen-bond acceptors (Lipinski definition) is 4. The highest BCUT2D eigenvalue weighted by molar-refractivity contribution is 5.95. The van der Waals surface area contributed by atoms with E-state index in [1.54, 1.807) is 48.5 Å². The number of nitrogens with one attached hydrogen (secondary N) is 1. The van der Waals surface area contributed by atoms with E-state index < -0.39 is 6.04 Å². The van der Waals surface area contributed by atoms with Gasteiger partial charge in [-0.3, -0.25) is 4.79 Å². The highest BCUT2D eigenvalue weighted by atomic mass is 16.2. The van der Waals surface area contributed by atoms with Crippen molar-refractivity contribution in [2.45, 2.75) is 6.04 Å². The van der Waals surface area contributed by atoms with Crippen LogP contribution >= 0.6 is 0 Å². The van der Waals surface area contributed by atoms with Crippen LogP contribution in [-0.4, -0.2) is 5.91 Å².